The predicted molar refractivity (Wildman–Crippen MR) is 398 cm³/mol. The number of hydrogen-bond acceptors (Lipinski definition) is 33. The van der Waals surface area contributed by atoms with Gasteiger partial charge in [0.1, 0.15) is 45.4 Å². The molecule has 3 amide bonds. The minimum Gasteiger partial charge on any atom is -0.506 e. The number of phenolic OH excluding ortho intramolecular Hbond substituents is 4. The molecule has 40 heteroatoms. The van der Waals surface area contributed by atoms with Crippen LogP contribution in [-0.2, 0) is 14.8 Å². The number of carbonyl (C=O) groups excluding carboxylic acids is 2. The molecule has 0 aliphatic heterocycles. The minimum absolute atomic E-state index is 0.0118. The van der Waals surface area contributed by atoms with Gasteiger partial charge in [-0.05, 0) is 141 Å². The van der Waals surface area contributed by atoms with Gasteiger partial charge in [-0.3, -0.25) is 4.79 Å². The summed E-state index contributed by atoms with van der Waals surface area (Å²) in [5, 5.41) is 90.6. The van der Waals surface area contributed by atoms with Gasteiger partial charge in [0.15, 0.2) is 48.3 Å². The Kier molecular flexibility index (Phi) is 24.3. The van der Waals surface area contributed by atoms with E-state index in [-0.39, 0.29) is 74.7 Å². The van der Waals surface area contributed by atoms with Crippen molar-refractivity contribution in [3.05, 3.63) is 131 Å². The first kappa shape index (κ1) is 74.6. The zero-order valence-corrected chi connectivity index (χ0v) is 61.3. The van der Waals surface area contributed by atoms with Crippen LogP contribution in [-0.4, -0.2) is 129 Å². The van der Waals surface area contributed by atoms with Gasteiger partial charge in [-0.15, -0.1) is 40.9 Å². The predicted octanol–water partition coefficient (Wildman–Crippen LogP) is 17.1. The summed E-state index contributed by atoms with van der Waals surface area (Å²) in [5.41, 5.74) is 5.11. The molecular weight excluding hydrogens is 1470 g/mol. The highest BCUT2D eigenvalue weighted by Crippen LogP contribution is 2.45. The first-order valence-corrected chi connectivity index (χ1v) is 36.0. The number of phenols is 4. The fourth-order valence-corrected chi connectivity index (χ4v) is 13.6. The Bertz CT molecular complexity index is 5580. The van der Waals surface area contributed by atoms with E-state index in [0.717, 1.165) is 33.8 Å². The SMILES string of the molecule is CCC(=O)Nc1cc(N=Nc2snc3nc(C)ncc23)cc(Cl)c1O.CCNc1cccc2c(O)c(S(=O)(=O)N(CC)CC)cc(N=Nc3snc4nc(C)ncc34)c12.CNC(=O)Nc1cc(N=Nc2snc3nc(C)ncc23)ccc1O.Cc1ncc2c(N=Nc3ccc(O)c(Cl)c3)snc2n1. The van der Waals surface area contributed by atoms with Gasteiger partial charge in [0.2, 0.25) is 15.9 Å². The zero-order valence-electron chi connectivity index (χ0n) is 55.7. The first-order valence-electron chi connectivity index (χ1n) is 30.7. The van der Waals surface area contributed by atoms with E-state index in [2.05, 4.69) is 120 Å². The Morgan fingerprint density at radius 3 is 1.41 bits per heavy atom. The second kappa shape index (κ2) is 33.6. The molecular formula is C63H59Cl2N25O8S5. The molecule has 8 aromatic heterocycles. The molecule has 528 valence electrons. The van der Waals surface area contributed by atoms with Gasteiger partial charge >= 0.3 is 6.03 Å². The summed E-state index contributed by atoms with van der Waals surface area (Å²) < 4.78 is 44.8. The normalized spacial score (nSPS) is 11.7. The van der Waals surface area contributed by atoms with Crippen molar-refractivity contribution in [2.75, 3.05) is 42.6 Å². The van der Waals surface area contributed by atoms with Gasteiger partial charge in [-0.25, -0.2) is 53.1 Å². The number of hydrogen-bond donors (Lipinski definition) is 8. The molecule has 13 rings (SSSR count). The third-order valence-corrected chi connectivity index (χ3v) is 19.8. The Balaban J connectivity index is 0.000000150. The number of aryl methyl sites for hydroxylation is 4. The summed E-state index contributed by atoms with van der Waals surface area (Å²) in [6.07, 6.45) is 6.90. The van der Waals surface area contributed by atoms with Gasteiger partial charge < -0.3 is 41.7 Å². The first-order chi connectivity index (χ1) is 49.5. The number of nitrogens with one attached hydrogen (secondary N) is 4. The largest absolute Gasteiger partial charge is 0.506 e. The fraction of sp³-hybridized carbons (Fsp3) is 0.206. The smallest absolute Gasteiger partial charge is 0.319 e. The van der Waals surface area contributed by atoms with Gasteiger partial charge in [-0.1, -0.05) is 56.1 Å². The molecule has 33 nitrogen and oxygen atoms in total. The molecule has 8 N–H and O–H groups in total. The lowest BCUT2D eigenvalue weighted by atomic mass is 10.1. The van der Waals surface area contributed by atoms with Crippen molar-refractivity contribution < 1.29 is 38.4 Å². The van der Waals surface area contributed by atoms with Crippen LogP contribution in [0, 0.1) is 27.7 Å². The van der Waals surface area contributed by atoms with E-state index in [9.17, 15) is 38.4 Å². The second-order valence-electron chi connectivity index (χ2n) is 21.2. The van der Waals surface area contributed by atoms with Gasteiger partial charge in [-0.2, -0.15) is 21.8 Å². The van der Waals surface area contributed by atoms with Crippen LogP contribution in [0.25, 0.3) is 54.9 Å². The number of aromatic hydroxyl groups is 4. The van der Waals surface area contributed by atoms with Crippen molar-refractivity contribution in [2.24, 2.45) is 40.9 Å². The molecule has 0 spiro atoms. The van der Waals surface area contributed by atoms with Crippen LogP contribution < -0.4 is 21.3 Å². The van der Waals surface area contributed by atoms with Crippen LogP contribution in [0.4, 0.5) is 64.6 Å². The van der Waals surface area contributed by atoms with Crippen molar-refractivity contribution in [3.8, 4) is 23.0 Å². The lowest BCUT2D eigenvalue weighted by Gasteiger charge is -2.20. The zero-order chi connectivity index (χ0) is 73.6. The maximum atomic E-state index is 13.3. The molecule has 0 atom stereocenters. The van der Waals surface area contributed by atoms with E-state index < -0.39 is 16.1 Å². The van der Waals surface area contributed by atoms with Crippen LogP contribution in [0.3, 0.4) is 0 Å². The standard InChI is InChI=1S/C22H25N7O3S2.C15H13ClN6O2S.C14H13N7O2S.C12H8ClN5OS/c1-5-23-16-10-8-9-14-19(16)17(11-18(20(14)30)34(31,32)29(6-2)7-3)26-27-22-15-12-24-13(4)25-21(15)28-33-22;1-3-12(23)19-11-5-8(4-10(16)13(11)24)20-21-15-9-6-17-7(2)18-14(9)22-25-15;1-7-16-6-9-12(17-7)21-24-13(9)20-19-8-3-4-11(22)10(5-8)18-14(23)15-2;1-6-14-5-8-11(15-6)18-20-12(8)17-16-7-2-3-10(19)9(13)4-7/h8-12,23,30H,5-7H2,1-4H3;4-6,24H,3H2,1-2H3,(H,19,23);3-6,22H,1-2H3,(H2,15,18,23);2-5,19H,1H3. The summed E-state index contributed by atoms with van der Waals surface area (Å²) in [6.45, 7) is 15.5. The van der Waals surface area contributed by atoms with Gasteiger partial charge in [0.05, 0.1) is 65.7 Å². The molecule has 5 aromatic carbocycles. The Labute approximate surface area is 611 Å². The molecule has 0 aliphatic carbocycles. The van der Waals surface area contributed by atoms with E-state index in [4.69, 9.17) is 23.2 Å². The highest BCUT2D eigenvalue weighted by atomic mass is 35.5. The number of aromatic nitrogens is 12. The number of amides is 3. The van der Waals surface area contributed by atoms with Crippen LogP contribution in [0.2, 0.25) is 10.0 Å². The summed E-state index contributed by atoms with van der Waals surface area (Å²) in [7, 11) is -2.47. The summed E-state index contributed by atoms with van der Waals surface area (Å²) in [6, 6.07) is 18.3. The average Bonchev–Trinajstić information content (AvgIpc) is 1.58. The monoisotopic (exact) mass is 1520 g/mol. The topological polar surface area (TPSA) is 454 Å². The average molecular weight is 1530 g/mol. The van der Waals surface area contributed by atoms with E-state index >= 15 is 0 Å². The molecule has 0 aliphatic rings. The number of halogens is 2. The number of azo groups is 4. The number of sulfonamides is 1. The number of anilines is 3. The van der Waals surface area contributed by atoms with E-state index in [1.54, 1.807) is 97.5 Å². The van der Waals surface area contributed by atoms with Crippen molar-refractivity contribution in [1.29, 1.82) is 0 Å². The number of carbonyl (C=O) groups is 2. The number of nitrogens with zero attached hydrogens (tertiary/aromatic N) is 21. The molecule has 0 saturated carbocycles. The number of benzene rings is 5. The quantitative estimate of drug-likeness (QED) is 0.0310. The number of fused-ring (bicyclic) bond motifs is 5. The highest BCUT2D eigenvalue weighted by molar-refractivity contribution is 7.89. The van der Waals surface area contributed by atoms with E-state index in [0.29, 0.717) is 122 Å². The van der Waals surface area contributed by atoms with Gasteiger partial charge in [0.25, 0.3) is 0 Å². The number of urea groups is 1. The highest BCUT2D eigenvalue weighted by Gasteiger charge is 2.29. The third-order valence-electron chi connectivity index (χ3n) is 14.2. The molecule has 0 saturated heterocycles. The number of rotatable bonds is 17. The fourth-order valence-electron chi connectivity index (χ4n) is 9.10. The maximum absolute atomic E-state index is 13.3. The van der Waals surface area contributed by atoms with Crippen LogP contribution in [0.15, 0.2) is 143 Å². The van der Waals surface area contributed by atoms with E-state index in [1.165, 1.54) is 76.9 Å². The van der Waals surface area contributed by atoms with Crippen LogP contribution in [0.5, 0.6) is 23.0 Å². The Morgan fingerprint density at radius 2 is 0.951 bits per heavy atom. The molecule has 0 fully saturated rings. The lowest BCUT2D eigenvalue weighted by molar-refractivity contribution is -0.115. The molecule has 13 aromatic rings. The van der Waals surface area contributed by atoms with Crippen molar-refractivity contribution in [3.63, 3.8) is 0 Å². The minimum atomic E-state index is -3.95. The lowest BCUT2D eigenvalue weighted by Crippen LogP contribution is -2.30. The van der Waals surface area contributed by atoms with Gasteiger partial charge in [0, 0.05) is 74.3 Å². The maximum Gasteiger partial charge on any atom is 0.319 e. The molecule has 8 heterocycles. The molecule has 103 heavy (non-hydrogen) atoms. The second-order valence-corrected chi connectivity index (χ2v) is 27.0. The van der Waals surface area contributed by atoms with Crippen LogP contribution >= 0.6 is 69.3 Å². The summed E-state index contributed by atoms with van der Waals surface area (Å²) >= 11 is 16.4. The van der Waals surface area contributed by atoms with Crippen molar-refractivity contribution >= 4 is 206 Å². The Hall–Kier alpha value is -11.1. The van der Waals surface area contributed by atoms with Crippen LogP contribution in [0.1, 0.15) is 57.4 Å². The molecule has 0 bridgehead atoms. The Morgan fingerprint density at radius 1 is 0.505 bits per heavy atom. The van der Waals surface area contributed by atoms with Crippen molar-refractivity contribution in [1.82, 2.24) is 67.0 Å². The van der Waals surface area contributed by atoms with Crippen molar-refractivity contribution in [2.45, 2.75) is 66.7 Å². The van der Waals surface area contributed by atoms with E-state index in [1.807, 2.05) is 13.0 Å². The summed E-state index contributed by atoms with van der Waals surface area (Å²) in [4.78, 5) is 56.2. The molecule has 0 radical (unpaired) electrons. The third kappa shape index (κ3) is 18.0. The molecule has 0 unspecified atom stereocenters. The summed E-state index contributed by atoms with van der Waals surface area (Å²) in [5.74, 6) is 1.71.